The molecule has 8 nitrogen and oxygen atoms in total. The van der Waals surface area contributed by atoms with Gasteiger partial charge in [-0.15, -0.1) is 0 Å². The van der Waals surface area contributed by atoms with E-state index in [0.29, 0.717) is 35.1 Å². The standard InChI is InChI=1S/C28H33FN6O2/c1-4-21-19(6-5-14-30-21)20-11-12-23(32-26(20)29)33-28(37)25(24(17-7-8-17)18-9-10-18)34-27(36)22-13-15-31-35(22)16(2)3/h5-6,11-18,24-25H,4,7-10H2,1-3H3,(H,34,36)(H,32,33,37)/p+1/t25-/m0/s1. The molecule has 0 radical (unpaired) electrons. The normalized spacial score (nSPS) is 16.2. The van der Waals surface area contributed by atoms with Crippen LogP contribution in [-0.4, -0.2) is 32.6 Å². The molecular formula is C28H34FN6O2+. The molecule has 3 heterocycles. The van der Waals surface area contributed by atoms with Crippen molar-refractivity contribution in [3.05, 3.63) is 60.1 Å². The average molecular weight is 506 g/mol. The van der Waals surface area contributed by atoms with Gasteiger partial charge in [0, 0.05) is 35.8 Å². The summed E-state index contributed by atoms with van der Waals surface area (Å²) in [5, 5.41) is 10.1. The van der Waals surface area contributed by atoms with Gasteiger partial charge in [-0.05, 0) is 81.9 Å². The number of aromatic nitrogens is 4. The third-order valence-corrected chi connectivity index (χ3v) is 7.35. The number of aromatic amines is 1. The van der Waals surface area contributed by atoms with Crippen molar-refractivity contribution in [2.45, 2.75) is 65.0 Å². The highest BCUT2D eigenvalue weighted by Gasteiger charge is 2.49. The minimum atomic E-state index is -0.718. The molecule has 3 N–H and O–H groups in total. The molecule has 0 spiro atoms. The monoisotopic (exact) mass is 505 g/mol. The molecular weight excluding hydrogens is 471 g/mol. The summed E-state index contributed by atoms with van der Waals surface area (Å²) in [5.74, 6) is -0.0862. The quantitative estimate of drug-likeness (QED) is 0.403. The van der Waals surface area contributed by atoms with Crippen LogP contribution >= 0.6 is 0 Å². The Balaban J connectivity index is 1.38. The van der Waals surface area contributed by atoms with Crippen LogP contribution in [0.3, 0.4) is 0 Å². The molecule has 2 saturated carbocycles. The molecule has 2 aliphatic carbocycles. The Morgan fingerprint density at radius 2 is 1.81 bits per heavy atom. The Labute approximate surface area is 216 Å². The van der Waals surface area contributed by atoms with Gasteiger partial charge in [-0.25, -0.2) is 15.1 Å². The summed E-state index contributed by atoms with van der Waals surface area (Å²) < 4.78 is 16.8. The van der Waals surface area contributed by atoms with Gasteiger partial charge >= 0.3 is 5.91 Å². The zero-order valence-electron chi connectivity index (χ0n) is 21.5. The fraction of sp³-hybridized carbons (Fsp3) is 0.464. The van der Waals surface area contributed by atoms with Crippen molar-refractivity contribution >= 4 is 17.6 Å². The van der Waals surface area contributed by atoms with E-state index in [1.54, 1.807) is 41.3 Å². The zero-order valence-corrected chi connectivity index (χ0v) is 21.5. The first-order valence-corrected chi connectivity index (χ1v) is 13.2. The van der Waals surface area contributed by atoms with Crippen LogP contribution in [-0.2, 0) is 11.2 Å². The number of hydrogen-bond acceptors (Lipinski definition) is 4. The first-order chi connectivity index (χ1) is 17.9. The lowest BCUT2D eigenvalue weighted by atomic mass is 9.88. The Bertz CT molecular complexity index is 1290. The number of rotatable bonds is 10. The van der Waals surface area contributed by atoms with Crippen LogP contribution in [0.2, 0.25) is 0 Å². The van der Waals surface area contributed by atoms with Crippen LogP contribution in [0, 0.1) is 23.7 Å². The third-order valence-electron chi connectivity index (χ3n) is 7.35. The van der Waals surface area contributed by atoms with Crippen molar-refractivity contribution in [1.82, 2.24) is 20.1 Å². The molecule has 0 aliphatic heterocycles. The fourth-order valence-corrected chi connectivity index (χ4v) is 5.27. The maximum atomic E-state index is 15.1. The molecule has 1 atom stereocenters. The molecule has 9 heteroatoms. The van der Waals surface area contributed by atoms with Gasteiger partial charge in [0.05, 0.1) is 5.56 Å². The minimum Gasteiger partial charge on any atom is -0.337 e. The highest BCUT2D eigenvalue weighted by Crippen LogP contribution is 2.50. The van der Waals surface area contributed by atoms with Crippen molar-refractivity contribution < 1.29 is 19.0 Å². The number of carbonyl (C=O) groups excluding carboxylic acids is 2. The number of H-pyrrole nitrogens is 1. The van der Waals surface area contributed by atoms with E-state index >= 15 is 4.39 Å². The SMILES string of the molecule is CCc1ncccc1-c1ccc(NC(=O)[C@@H](NC(=O)c2ccnn2C(C)C)C(C2CC2)C2CC2)[nH+]c1F. The lowest BCUT2D eigenvalue weighted by Crippen LogP contribution is -2.50. The molecule has 2 amide bonds. The van der Waals surface area contributed by atoms with Gasteiger partial charge < -0.3 is 5.32 Å². The van der Waals surface area contributed by atoms with Crippen LogP contribution in [0.15, 0.2) is 42.7 Å². The average Bonchev–Trinajstić information content (AvgIpc) is 3.83. The Morgan fingerprint density at radius 1 is 1.08 bits per heavy atom. The Hall–Kier alpha value is -3.62. The largest absolute Gasteiger partial charge is 0.337 e. The summed E-state index contributed by atoms with van der Waals surface area (Å²) in [5.41, 5.74) is 2.32. The van der Waals surface area contributed by atoms with Crippen molar-refractivity contribution in [1.29, 1.82) is 0 Å². The number of amides is 2. The highest BCUT2D eigenvalue weighted by atomic mass is 19.1. The van der Waals surface area contributed by atoms with Gasteiger partial charge in [0.25, 0.3) is 17.7 Å². The number of pyridine rings is 2. The van der Waals surface area contributed by atoms with E-state index in [1.807, 2.05) is 26.8 Å². The first kappa shape index (κ1) is 25.0. The molecule has 0 bridgehead atoms. The lowest BCUT2D eigenvalue weighted by molar-refractivity contribution is -0.404. The van der Waals surface area contributed by atoms with Gasteiger partial charge in [-0.1, -0.05) is 13.0 Å². The second kappa shape index (κ2) is 10.4. The van der Waals surface area contributed by atoms with E-state index in [0.717, 1.165) is 31.4 Å². The molecule has 3 aromatic heterocycles. The van der Waals surface area contributed by atoms with Gasteiger partial charge in [0.1, 0.15) is 11.7 Å². The summed E-state index contributed by atoms with van der Waals surface area (Å²) in [6.07, 6.45) is 8.20. The number of carbonyl (C=O) groups is 2. The summed E-state index contributed by atoms with van der Waals surface area (Å²) in [6.45, 7) is 5.88. The van der Waals surface area contributed by atoms with Gasteiger partial charge in [0.2, 0.25) is 0 Å². The van der Waals surface area contributed by atoms with Gasteiger partial charge in [0.15, 0.2) is 0 Å². The topological polar surface area (TPSA) is 103 Å². The lowest BCUT2D eigenvalue weighted by Gasteiger charge is -2.25. The second-order valence-corrected chi connectivity index (χ2v) is 10.4. The Kier molecular flexibility index (Phi) is 7.04. The van der Waals surface area contributed by atoms with Crippen LogP contribution in [0.5, 0.6) is 0 Å². The molecule has 5 rings (SSSR count). The highest BCUT2D eigenvalue weighted by molar-refractivity contribution is 6.00. The predicted octanol–water partition coefficient (Wildman–Crippen LogP) is 4.21. The summed E-state index contributed by atoms with van der Waals surface area (Å²) in [4.78, 5) is 33.9. The van der Waals surface area contributed by atoms with Crippen LogP contribution < -0.4 is 15.6 Å². The maximum absolute atomic E-state index is 15.1. The molecule has 37 heavy (non-hydrogen) atoms. The van der Waals surface area contributed by atoms with Gasteiger partial charge in [-0.3, -0.25) is 14.5 Å². The summed E-state index contributed by atoms with van der Waals surface area (Å²) in [6, 6.07) is 7.86. The van der Waals surface area contributed by atoms with Crippen molar-refractivity contribution in [2.24, 2.45) is 17.8 Å². The summed E-state index contributed by atoms with van der Waals surface area (Å²) >= 11 is 0. The van der Waals surface area contributed by atoms with Crippen molar-refractivity contribution in [2.75, 3.05) is 5.32 Å². The Morgan fingerprint density at radius 3 is 2.43 bits per heavy atom. The second-order valence-electron chi connectivity index (χ2n) is 10.4. The van der Waals surface area contributed by atoms with Gasteiger partial charge in [-0.2, -0.15) is 9.49 Å². The molecule has 0 saturated heterocycles. The predicted molar refractivity (Wildman–Crippen MR) is 137 cm³/mol. The van der Waals surface area contributed by atoms with Crippen molar-refractivity contribution in [3.63, 3.8) is 0 Å². The van der Waals surface area contributed by atoms with Crippen LogP contribution in [0.1, 0.15) is 68.7 Å². The van der Waals surface area contributed by atoms with E-state index in [4.69, 9.17) is 0 Å². The number of nitrogens with zero attached hydrogens (tertiary/aromatic N) is 3. The fourth-order valence-electron chi connectivity index (χ4n) is 5.27. The number of aryl methyl sites for hydroxylation is 1. The van der Waals surface area contributed by atoms with E-state index in [9.17, 15) is 9.59 Å². The maximum Gasteiger partial charge on any atom is 0.330 e. The van der Waals surface area contributed by atoms with Crippen LogP contribution in [0.4, 0.5) is 10.2 Å². The molecule has 2 aliphatic rings. The minimum absolute atomic E-state index is 0.00909. The summed E-state index contributed by atoms with van der Waals surface area (Å²) in [7, 11) is 0. The van der Waals surface area contributed by atoms with E-state index in [-0.39, 0.29) is 29.6 Å². The smallest absolute Gasteiger partial charge is 0.330 e. The zero-order chi connectivity index (χ0) is 26.1. The van der Waals surface area contributed by atoms with E-state index in [2.05, 4.69) is 25.7 Å². The van der Waals surface area contributed by atoms with E-state index < -0.39 is 12.0 Å². The van der Waals surface area contributed by atoms with Crippen molar-refractivity contribution in [3.8, 4) is 11.1 Å². The molecule has 3 aromatic rings. The first-order valence-electron chi connectivity index (χ1n) is 13.2. The molecule has 0 aromatic carbocycles. The van der Waals surface area contributed by atoms with E-state index in [1.165, 1.54) is 0 Å². The molecule has 0 unspecified atom stereocenters. The number of nitrogens with one attached hydrogen (secondary N) is 3. The van der Waals surface area contributed by atoms with Crippen LogP contribution in [0.25, 0.3) is 11.1 Å². The molecule has 194 valence electrons. The number of hydrogen-bond donors (Lipinski definition) is 2. The third kappa shape index (κ3) is 5.40. The number of anilines is 1. The molecule has 2 fully saturated rings. The number of halogens is 1.